The molecule has 0 bridgehead atoms. The first-order valence-corrected chi connectivity index (χ1v) is 12.0. The van der Waals surface area contributed by atoms with Crippen LogP contribution in [-0.2, 0) is 26.0 Å². The number of nitrogens with zero attached hydrogens (tertiary/aromatic N) is 1. The van der Waals surface area contributed by atoms with Crippen LogP contribution in [0.5, 0.6) is 0 Å². The van der Waals surface area contributed by atoms with Gasteiger partial charge in [0.2, 0.25) is 10.0 Å². The number of rotatable bonds is 8. The maximum absolute atomic E-state index is 13.1. The van der Waals surface area contributed by atoms with E-state index in [9.17, 15) is 18.0 Å². The zero-order valence-corrected chi connectivity index (χ0v) is 18.5. The van der Waals surface area contributed by atoms with E-state index in [-0.39, 0.29) is 17.5 Å². The largest absolute Gasteiger partial charge is 0.469 e. The highest BCUT2D eigenvalue weighted by Gasteiger charge is 2.33. The van der Waals surface area contributed by atoms with Gasteiger partial charge in [0.25, 0.3) is 0 Å². The molecule has 1 fully saturated rings. The summed E-state index contributed by atoms with van der Waals surface area (Å²) in [6.45, 7) is 2.90. The maximum atomic E-state index is 13.1. The number of carbonyl (C=O) groups is 2. The zero-order chi connectivity index (χ0) is 22.3. The van der Waals surface area contributed by atoms with Gasteiger partial charge < -0.3 is 15.1 Å². The van der Waals surface area contributed by atoms with Crippen molar-refractivity contribution >= 4 is 21.8 Å². The number of benzene rings is 1. The van der Waals surface area contributed by atoms with Crippen LogP contribution >= 0.6 is 0 Å². The lowest BCUT2D eigenvalue weighted by atomic mass is 10.0. The molecule has 2 N–H and O–H groups in total. The van der Waals surface area contributed by atoms with Crippen molar-refractivity contribution < 1.29 is 22.4 Å². The van der Waals surface area contributed by atoms with Crippen molar-refractivity contribution in [2.24, 2.45) is 0 Å². The Labute approximate surface area is 183 Å². The highest BCUT2D eigenvalue weighted by molar-refractivity contribution is 7.89. The van der Waals surface area contributed by atoms with Gasteiger partial charge in [-0.2, -0.15) is 4.31 Å². The van der Waals surface area contributed by atoms with Gasteiger partial charge >= 0.3 is 11.8 Å². The van der Waals surface area contributed by atoms with E-state index in [0.717, 1.165) is 30.6 Å². The summed E-state index contributed by atoms with van der Waals surface area (Å²) in [4.78, 5) is 24.2. The average molecular weight is 448 g/mol. The molecular formula is C22H29N3O5S. The van der Waals surface area contributed by atoms with Crippen LogP contribution in [0.2, 0.25) is 0 Å². The molecule has 2 aromatic rings. The van der Waals surface area contributed by atoms with Gasteiger partial charge in [0, 0.05) is 32.1 Å². The SMILES string of the molecule is Cc1ccc(S(=O)(=O)N2CCCC[C@@H]2CCNC(=O)C(=O)NCCc2ccco2)cc1. The van der Waals surface area contributed by atoms with Crippen molar-refractivity contribution in [2.45, 2.75) is 50.0 Å². The molecule has 1 aromatic carbocycles. The number of carbonyl (C=O) groups excluding carboxylic acids is 2. The van der Waals surface area contributed by atoms with E-state index in [1.807, 2.05) is 6.92 Å². The standard InChI is InChI=1S/C22H29N3O5S/c1-17-7-9-20(10-8-17)31(28,29)25-15-3-2-5-18(25)11-13-23-21(26)22(27)24-14-12-19-6-4-16-30-19/h4,6-10,16,18H,2-3,5,11-15H2,1H3,(H,23,26)(H,24,27)/t18-/m1/s1. The Morgan fingerprint density at radius 2 is 1.77 bits per heavy atom. The van der Waals surface area contributed by atoms with Gasteiger partial charge in [0.1, 0.15) is 5.76 Å². The summed E-state index contributed by atoms with van der Waals surface area (Å²) in [5.74, 6) is -0.699. The molecule has 0 radical (unpaired) electrons. The van der Waals surface area contributed by atoms with Crippen molar-refractivity contribution in [1.29, 1.82) is 0 Å². The van der Waals surface area contributed by atoms with Crippen LogP contribution < -0.4 is 10.6 Å². The molecule has 1 aliphatic heterocycles. The predicted molar refractivity (Wildman–Crippen MR) is 116 cm³/mol. The number of hydrogen-bond donors (Lipinski definition) is 2. The molecule has 1 aliphatic rings. The van der Waals surface area contributed by atoms with Crippen LogP contribution in [-0.4, -0.2) is 50.2 Å². The fourth-order valence-corrected chi connectivity index (χ4v) is 5.42. The summed E-state index contributed by atoms with van der Waals surface area (Å²) in [6.07, 6.45) is 4.99. The molecule has 0 spiro atoms. The normalized spacial score (nSPS) is 17.3. The third kappa shape index (κ3) is 6.18. The van der Waals surface area contributed by atoms with Crippen LogP contribution in [0.15, 0.2) is 52.0 Å². The molecule has 0 aliphatic carbocycles. The molecule has 0 unspecified atom stereocenters. The van der Waals surface area contributed by atoms with Crippen LogP contribution in [0.1, 0.15) is 37.0 Å². The van der Waals surface area contributed by atoms with Crippen molar-refractivity contribution in [2.75, 3.05) is 19.6 Å². The van der Waals surface area contributed by atoms with E-state index in [2.05, 4.69) is 10.6 Å². The Morgan fingerprint density at radius 3 is 2.45 bits per heavy atom. The van der Waals surface area contributed by atoms with Crippen molar-refractivity contribution in [3.63, 3.8) is 0 Å². The van der Waals surface area contributed by atoms with Crippen molar-refractivity contribution in [1.82, 2.24) is 14.9 Å². The van der Waals surface area contributed by atoms with E-state index >= 15 is 0 Å². The Bertz CT molecular complexity index is 971. The minimum atomic E-state index is -3.60. The second-order valence-electron chi connectivity index (χ2n) is 7.71. The number of amides is 2. The van der Waals surface area contributed by atoms with E-state index in [1.54, 1.807) is 42.7 Å². The molecule has 1 atom stereocenters. The van der Waals surface area contributed by atoms with Crippen LogP contribution in [0.4, 0.5) is 0 Å². The first-order chi connectivity index (χ1) is 14.9. The monoisotopic (exact) mass is 447 g/mol. The summed E-state index contributed by atoms with van der Waals surface area (Å²) < 4.78 is 32.9. The predicted octanol–water partition coefficient (Wildman–Crippen LogP) is 2.00. The summed E-state index contributed by atoms with van der Waals surface area (Å²) in [5, 5.41) is 5.15. The fourth-order valence-electron chi connectivity index (χ4n) is 3.69. The number of nitrogens with one attached hydrogen (secondary N) is 2. The van der Waals surface area contributed by atoms with Crippen LogP contribution in [0.25, 0.3) is 0 Å². The summed E-state index contributed by atoms with van der Waals surface area (Å²) in [6, 6.07) is 10.2. The Balaban J connectivity index is 1.49. The Kier molecular flexibility index (Phi) is 7.86. The highest BCUT2D eigenvalue weighted by Crippen LogP contribution is 2.27. The number of hydrogen-bond acceptors (Lipinski definition) is 5. The summed E-state index contributed by atoms with van der Waals surface area (Å²) in [7, 11) is -3.60. The number of aryl methyl sites for hydroxylation is 1. The maximum Gasteiger partial charge on any atom is 0.309 e. The molecular weight excluding hydrogens is 418 g/mol. The molecule has 31 heavy (non-hydrogen) atoms. The highest BCUT2D eigenvalue weighted by atomic mass is 32.2. The van der Waals surface area contributed by atoms with Gasteiger partial charge in [-0.15, -0.1) is 0 Å². The number of sulfonamides is 1. The third-order valence-electron chi connectivity index (χ3n) is 5.41. The number of furan rings is 1. The molecule has 9 heteroatoms. The molecule has 168 valence electrons. The quantitative estimate of drug-likeness (QED) is 0.602. The minimum absolute atomic E-state index is 0.206. The molecule has 2 amide bonds. The van der Waals surface area contributed by atoms with Gasteiger partial charge in [-0.05, 0) is 50.5 Å². The van der Waals surface area contributed by atoms with E-state index in [1.165, 1.54) is 4.31 Å². The molecule has 2 heterocycles. The number of piperidine rings is 1. The van der Waals surface area contributed by atoms with Gasteiger partial charge in [-0.25, -0.2) is 8.42 Å². The first kappa shape index (κ1) is 23.0. The van der Waals surface area contributed by atoms with Gasteiger partial charge in [-0.3, -0.25) is 9.59 Å². The molecule has 0 saturated carbocycles. The fraction of sp³-hybridized carbons (Fsp3) is 0.455. The topological polar surface area (TPSA) is 109 Å². The molecule has 8 nitrogen and oxygen atoms in total. The summed E-state index contributed by atoms with van der Waals surface area (Å²) >= 11 is 0. The Morgan fingerprint density at radius 1 is 1.06 bits per heavy atom. The lowest BCUT2D eigenvalue weighted by Crippen LogP contribution is -2.46. The Hall–Kier alpha value is -2.65. The smallest absolute Gasteiger partial charge is 0.309 e. The molecule has 3 rings (SSSR count). The second-order valence-corrected chi connectivity index (χ2v) is 9.60. The van der Waals surface area contributed by atoms with Gasteiger partial charge in [-0.1, -0.05) is 24.1 Å². The molecule has 1 saturated heterocycles. The van der Waals surface area contributed by atoms with Crippen LogP contribution in [0.3, 0.4) is 0 Å². The van der Waals surface area contributed by atoms with E-state index in [4.69, 9.17) is 4.42 Å². The molecule has 1 aromatic heterocycles. The third-order valence-corrected chi connectivity index (χ3v) is 7.37. The zero-order valence-electron chi connectivity index (χ0n) is 17.7. The van der Waals surface area contributed by atoms with Crippen molar-refractivity contribution in [3.05, 3.63) is 54.0 Å². The lowest BCUT2D eigenvalue weighted by molar-refractivity contribution is -0.139. The van der Waals surface area contributed by atoms with E-state index < -0.39 is 21.8 Å². The van der Waals surface area contributed by atoms with Crippen LogP contribution in [0, 0.1) is 6.92 Å². The van der Waals surface area contributed by atoms with Gasteiger partial charge in [0.15, 0.2) is 0 Å². The van der Waals surface area contributed by atoms with Crippen molar-refractivity contribution in [3.8, 4) is 0 Å². The average Bonchev–Trinajstić information content (AvgIpc) is 3.27. The summed E-state index contributed by atoms with van der Waals surface area (Å²) in [5.41, 5.74) is 0.999. The van der Waals surface area contributed by atoms with E-state index in [0.29, 0.717) is 25.9 Å². The second kappa shape index (κ2) is 10.6. The lowest BCUT2D eigenvalue weighted by Gasteiger charge is -2.34. The first-order valence-electron chi connectivity index (χ1n) is 10.5. The van der Waals surface area contributed by atoms with Gasteiger partial charge in [0.05, 0.1) is 11.2 Å². The minimum Gasteiger partial charge on any atom is -0.469 e.